The van der Waals surface area contributed by atoms with Crippen LogP contribution in [0.15, 0.2) is 97.1 Å². The number of carbonyl (C=O) groups is 4. The van der Waals surface area contributed by atoms with Crippen molar-refractivity contribution in [3.8, 4) is 11.5 Å². The van der Waals surface area contributed by atoms with Gasteiger partial charge in [-0.3, -0.25) is 19.2 Å². The molecule has 18 nitrogen and oxygen atoms in total. The third kappa shape index (κ3) is 14.7. The lowest BCUT2D eigenvalue weighted by molar-refractivity contribution is -0.129. The SMILES string of the molecule is CN(C)C(=O)CC[C@@H]1CC/C=C/[C@H](O)[C@@H]2CC[C@H]2CN2C[C@@]3(CCCc4cc(Cl)ccc43)COc3ccc(cc32)C(=O)NS1(=O)=O.CN(C)C(=O)CC[C@H]1CC/C=C/[C@H](O)[C@@H]2CC[C@H]2CN2C[C@@]3(CCCc4cc(Cl)ccc43)COc3ccc(cc32)C(=O)NS1(=O)=O. The minimum Gasteiger partial charge on any atom is -0.490 e. The van der Waals surface area contributed by atoms with Crippen LogP contribution in [0.5, 0.6) is 11.5 Å². The van der Waals surface area contributed by atoms with Gasteiger partial charge in [0, 0.05) is 99.2 Å². The van der Waals surface area contributed by atoms with Crippen molar-refractivity contribution >= 4 is 78.3 Å². The molecule has 12 rings (SSSR count). The standard InChI is InChI=1S/2C35H44ClN3O6S/c2*1-38(2)33(41)16-12-27-7-3-4-8-31(40)28-13-9-25(28)20-39-21-35(17-5-6-23-18-26(36)11-14-29(23)35)22-45-32-15-10-24(19-30(32)39)34(42)37-46(27,43)44/h2*4,8,10-11,14-15,18-19,25,27-28,31,40H,3,5-7,9,12-13,16-17,20-22H2,1-2H3,(H,37,42)/b2*8-4+/t25-,27+,28+,31-,35-;25-,27-,28+,31-,35-/m00/s1. The van der Waals surface area contributed by atoms with Crippen LogP contribution in [0, 0.1) is 23.7 Å². The van der Waals surface area contributed by atoms with Gasteiger partial charge in [-0.15, -0.1) is 0 Å². The Kier molecular flexibility index (Phi) is 20.5. The molecule has 4 aromatic rings. The first-order valence-corrected chi connectivity index (χ1v) is 36.6. The van der Waals surface area contributed by atoms with Crippen molar-refractivity contribution < 1.29 is 55.7 Å². The molecule has 0 saturated heterocycles. The molecule has 2 spiro atoms. The van der Waals surface area contributed by atoms with Crippen LogP contribution in [0.4, 0.5) is 11.4 Å². The second kappa shape index (κ2) is 28.0. The predicted octanol–water partition coefficient (Wildman–Crippen LogP) is 9.69. The van der Waals surface area contributed by atoms with Gasteiger partial charge in [0.05, 0.1) is 47.3 Å². The number of anilines is 2. The number of rotatable bonds is 6. The molecule has 496 valence electrons. The van der Waals surface area contributed by atoms with E-state index >= 15 is 0 Å². The van der Waals surface area contributed by atoms with Gasteiger partial charge >= 0.3 is 0 Å². The van der Waals surface area contributed by atoms with E-state index in [1.165, 1.54) is 32.1 Å². The highest BCUT2D eigenvalue weighted by molar-refractivity contribution is 7.91. The number of aliphatic hydroxyl groups excluding tert-OH is 2. The molecule has 0 aromatic heterocycles. The van der Waals surface area contributed by atoms with Crippen LogP contribution < -0.4 is 28.7 Å². The number of sulfonamides is 2. The third-order valence-corrected chi connectivity index (χ3v) is 25.1. The number of hydrogen-bond donors (Lipinski definition) is 4. The van der Waals surface area contributed by atoms with Crippen LogP contribution in [0.25, 0.3) is 0 Å². The van der Waals surface area contributed by atoms with Crippen LogP contribution in [0.3, 0.4) is 0 Å². The number of nitrogens with one attached hydrogen (secondary N) is 2. The summed E-state index contributed by atoms with van der Waals surface area (Å²) in [5, 5.41) is 21.9. The molecule has 4 amide bonds. The Balaban J connectivity index is 0.000000188. The van der Waals surface area contributed by atoms with E-state index in [0.717, 1.165) is 85.6 Å². The van der Waals surface area contributed by atoms with Gasteiger partial charge in [-0.05, 0) is 209 Å². The molecule has 4 aromatic carbocycles. The fourth-order valence-corrected chi connectivity index (χ4v) is 18.6. The van der Waals surface area contributed by atoms with E-state index in [2.05, 4.69) is 43.5 Å². The summed E-state index contributed by atoms with van der Waals surface area (Å²) >= 11 is 12.8. The van der Waals surface area contributed by atoms with Gasteiger partial charge in [-0.1, -0.05) is 59.6 Å². The Hall–Kier alpha value is -6.16. The molecule has 0 unspecified atom stereocenters. The number of fused-ring (bicyclic) bond motifs is 8. The average molecular weight is 1340 g/mol. The number of aryl methyl sites for hydroxylation is 2. The van der Waals surface area contributed by atoms with Gasteiger partial charge in [0.1, 0.15) is 11.5 Å². The number of hydrogen-bond acceptors (Lipinski definition) is 14. The Labute approximate surface area is 552 Å². The van der Waals surface area contributed by atoms with Gasteiger partial charge in [-0.25, -0.2) is 26.3 Å². The number of allylic oxidation sites excluding steroid dienone is 2. The fourth-order valence-electron chi connectivity index (χ4n) is 15.4. The van der Waals surface area contributed by atoms with Gasteiger partial charge in [0.15, 0.2) is 0 Å². The summed E-state index contributed by atoms with van der Waals surface area (Å²) in [5.74, 6) is 0.169. The van der Waals surface area contributed by atoms with Crippen molar-refractivity contribution in [3.05, 3.63) is 141 Å². The number of ether oxygens (including phenoxy) is 2. The van der Waals surface area contributed by atoms with Crippen molar-refractivity contribution in [1.82, 2.24) is 19.2 Å². The Morgan fingerprint density at radius 2 is 1.00 bits per heavy atom. The van der Waals surface area contributed by atoms with Crippen molar-refractivity contribution in [2.75, 3.05) is 77.4 Å². The monoisotopic (exact) mass is 1340 g/mol. The van der Waals surface area contributed by atoms with E-state index in [4.69, 9.17) is 32.7 Å². The normalized spacial score (nSPS) is 29.7. The number of amides is 4. The van der Waals surface area contributed by atoms with E-state index in [1.807, 2.05) is 24.3 Å². The van der Waals surface area contributed by atoms with Crippen molar-refractivity contribution in [1.29, 1.82) is 0 Å². The third-order valence-electron chi connectivity index (χ3n) is 21.0. The number of carbonyl (C=O) groups excluding carboxylic acids is 4. The molecule has 2 fully saturated rings. The zero-order valence-corrected chi connectivity index (χ0v) is 56.3. The molecule has 10 atom stereocenters. The smallest absolute Gasteiger partial charge is 0.264 e. The molecule has 92 heavy (non-hydrogen) atoms. The molecular formula is C70H88Cl2N6O12S2. The highest BCUT2D eigenvalue weighted by Crippen LogP contribution is 2.49. The highest BCUT2D eigenvalue weighted by atomic mass is 35.5. The minimum atomic E-state index is -4.12. The molecule has 8 aliphatic rings. The van der Waals surface area contributed by atoms with E-state index in [1.54, 1.807) is 76.7 Å². The molecule has 4 aliphatic heterocycles. The maximum Gasteiger partial charge on any atom is 0.264 e. The molecular weight excluding hydrogens is 1250 g/mol. The van der Waals surface area contributed by atoms with E-state index < -0.39 is 54.6 Å². The number of halogens is 2. The predicted molar refractivity (Wildman–Crippen MR) is 358 cm³/mol. The molecule has 4 bridgehead atoms. The number of aliphatic hydroxyl groups is 2. The topological polar surface area (TPSA) is 232 Å². The van der Waals surface area contributed by atoms with E-state index in [0.29, 0.717) is 63.7 Å². The summed E-state index contributed by atoms with van der Waals surface area (Å²) in [4.78, 5) is 59.2. The van der Waals surface area contributed by atoms with Crippen LogP contribution in [-0.4, -0.2) is 151 Å². The molecule has 4 heterocycles. The lowest BCUT2D eigenvalue weighted by atomic mass is 9.68. The van der Waals surface area contributed by atoms with Crippen LogP contribution in [0.2, 0.25) is 10.0 Å². The van der Waals surface area contributed by atoms with Crippen LogP contribution >= 0.6 is 23.2 Å². The minimum absolute atomic E-state index is 0.0467. The first kappa shape index (κ1) is 67.3. The van der Waals surface area contributed by atoms with Gasteiger partial charge < -0.3 is 39.3 Å². The second-order valence-electron chi connectivity index (χ2n) is 27.4. The quantitative estimate of drug-likeness (QED) is 0.132. The summed E-state index contributed by atoms with van der Waals surface area (Å²) < 4.78 is 72.0. The first-order valence-electron chi connectivity index (χ1n) is 32.7. The number of nitrogens with zero attached hydrogens (tertiary/aromatic N) is 4. The summed E-state index contributed by atoms with van der Waals surface area (Å²) in [6.07, 6.45) is 17.1. The van der Waals surface area contributed by atoms with E-state index in [9.17, 15) is 46.2 Å². The zero-order valence-electron chi connectivity index (χ0n) is 53.2. The number of benzene rings is 4. The second-order valence-corrected chi connectivity index (χ2v) is 32.2. The van der Waals surface area contributed by atoms with Gasteiger partial charge in [0.25, 0.3) is 11.8 Å². The molecule has 0 radical (unpaired) electrons. The summed E-state index contributed by atoms with van der Waals surface area (Å²) in [5.41, 5.74) is 6.30. The summed E-state index contributed by atoms with van der Waals surface area (Å²) in [7, 11) is -1.71. The van der Waals surface area contributed by atoms with Gasteiger partial charge in [0.2, 0.25) is 31.9 Å². The molecule has 4 aliphatic carbocycles. The maximum atomic E-state index is 13.6. The first-order chi connectivity index (χ1) is 43.9. The summed E-state index contributed by atoms with van der Waals surface area (Å²) in [6, 6.07) is 22.5. The summed E-state index contributed by atoms with van der Waals surface area (Å²) in [6.45, 7) is 3.63. The Morgan fingerprint density at radius 3 is 1.38 bits per heavy atom. The zero-order chi connectivity index (χ0) is 65.3. The average Bonchev–Trinajstić information content (AvgIpc) is 1.49. The lowest BCUT2D eigenvalue weighted by Crippen LogP contribution is -2.49. The maximum absolute atomic E-state index is 13.6. The Morgan fingerprint density at radius 1 is 0.587 bits per heavy atom. The van der Waals surface area contributed by atoms with E-state index in [-0.39, 0.29) is 96.0 Å². The molecule has 4 N–H and O–H groups in total. The lowest BCUT2D eigenvalue weighted by Gasteiger charge is -2.45. The van der Waals surface area contributed by atoms with Crippen LogP contribution in [-0.2, 0) is 53.3 Å². The highest BCUT2D eigenvalue weighted by Gasteiger charge is 2.47. The van der Waals surface area contributed by atoms with Crippen LogP contribution in [0.1, 0.15) is 146 Å². The fraction of sp³-hybridized carbons (Fsp3) is 0.543. The van der Waals surface area contributed by atoms with Gasteiger partial charge in [-0.2, -0.15) is 0 Å². The molecule has 2 saturated carbocycles. The van der Waals surface area contributed by atoms with Crippen molar-refractivity contribution in [3.63, 3.8) is 0 Å². The van der Waals surface area contributed by atoms with Crippen molar-refractivity contribution in [2.45, 2.75) is 149 Å². The molecule has 22 heteroatoms. The Bertz CT molecular complexity index is 3490. The van der Waals surface area contributed by atoms with Crippen molar-refractivity contribution in [2.24, 2.45) is 23.7 Å². The largest absolute Gasteiger partial charge is 0.490 e.